The molecule has 15 heavy (non-hydrogen) atoms. The van der Waals surface area contributed by atoms with Crippen molar-refractivity contribution in [2.75, 3.05) is 0 Å². The van der Waals surface area contributed by atoms with E-state index in [2.05, 4.69) is 11.8 Å². The summed E-state index contributed by atoms with van der Waals surface area (Å²) in [5.41, 5.74) is 7.32. The Balaban J connectivity index is 3.20. The Morgan fingerprint density at radius 1 is 1.27 bits per heavy atom. The van der Waals surface area contributed by atoms with E-state index in [9.17, 15) is 4.39 Å². The first-order chi connectivity index (χ1) is 6.79. The van der Waals surface area contributed by atoms with Gasteiger partial charge in [-0.25, -0.2) is 4.39 Å². The quantitative estimate of drug-likeness (QED) is 0.647. The van der Waals surface area contributed by atoms with Crippen LogP contribution in [-0.2, 0) is 0 Å². The summed E-state index contributed by atoms with van der Waals surface area (Å²) < 4.78 is 13.5. The van der Waals surface area contributed by atoms with E-state index in [1.54, 1.807) is 13.8 Å². The number of benzene rings is 1. The molecule has 0 aliphatic rings. The standard InChI is InChI=1S/C13H16FN/c1-9-7-10(2)11(12(14)8-9)5-6-13(3,4)15/h7-8H,15H2,1-4H3. The normalized spacial score (nSPS) is 10.8. The minimum atomic E-state index is -0.593. The highest BCUT2D eigenvalue weighted by molar-refractivity contribution is 5.44. The molecule has 0 saturated heterocycles. The average Bonchev–Trinajstić information content (AvgIpc) is 1.99. The first-order valence-electron chi connectivity index (χ1n) is 4.88. The maximum absolute atomic E-state index is 13.5. The first-order valence-corrected chi connectivity index (χ1v) is 4.88. The van der Waals surface area contributed by atoms with Crippen molar-refractivity contribution in [2.24, 2.45) is 5.73 Å². The fourth-order valence-corrected chi connectivity index (χ4v) is 1.30. The molecule has 1 nitrogen and oxygen atoms in total. The summed E-state index contributed by atoms with van der Waals surface area (Å²) in [6.07, 6.45) is 0. The molecule has 2 N–H and O–H groups in total. The van der Waals surface area contributed by atoms with Gasteiger partial charge in [-0.2, -0.15) is 0 Å². The van der Waals surface area contributed by atoms with Crippen molar-refractivity contribution in [1.82, 2.24) is 0 Å². The van der Waals surface area contributed by atoms with Crippen molar-refractivity contribution < 1.29 is 4.39 Å². The zero-order valence-corrected chi connectivity index (χ0v) is 9.61. The Labute approximate surface area is 90.5 Å². The van der Waals surface area contributed by atoms with Crippen molar-refractivity contribution in [1.29, 1.82) is 0 Å². The third-order valence-corrected chi connectivity index (χ3v) is 1.94. The molecule has 0 amide bonds. The monoisotopic (exact) mass is 205 g/mol. The molecule has 0 atom stereocenters. The van der Waals surface area contributed by atoms with Crippen LogP contribution in [0.4, 0.5) is 4.39 Å². The minimum absolute atomic E-state index is 0.274. The molecule has 1 aromatic carbocycles. The highest BCUT2D eigenvalue weighted by atomic mass is 19.1. The number of rotatable bonds is 0. The van der Waals surface area contributed by atoms with Crippen LogP contribution >= 0.6 is 0 Å². The Morgan fingerprint density at radius 3 is 2.33 bits per heavy atom. The number of nitrogens with two attached hydrogens (primary N) is 1. The van der Waals surface area contributed by atoms with Crippen LogP contribution in [0.25, 0.3) is 0 Å². The smallest absolute Gasteiger partial charge is 0.139 e. The van der Waals surface area contributed by atoms with Gasteiger partial charge in [0.25, 0.3) is 0 Å². The Morgan fingerprint density at radius 2 is 1.87 bits per heavy atom. The SMILES string of the molecule is Cc1cc(C)c(C#CC(C)(C)N)c(F)c1. The van der Waals surface area contributed by atoms with Gasteiger partial charge in [0, 0.05) is 0 Å². The Kier molecular flexibility index (Phi) is 3.16. The van der Waals surface area contributed by atoms with Crippen LogP contribution in [0.3, 0.4) is 0 Å². The third-order valence-electron chi connectivity index (χ3n) is 1.94. The fourth-order valence-electron chi connectivity index (χ4n) is 1.30. The molecule has 0 radical (unpaired) electrons. The fraction of sp³-hybridized carbons (Fsp3) is 0.385. The molecule has 0 aliphatic heterocycles. The van der Waals surface area contributed by atoms with Crippen LogP contribution in [0.2, 0.25) is 0 Å². The first kappa shape index (κ1) is 11.7. The summed E-state index contributed by atoms with van der Waals surface area (Å²) in [7, 11) is 0. The van der Waals surface area contributed by atoms with Crippen LogP contribution in [-0.4, -0.2) is 5.54 Å². The second-order valence-corrected chi connectivity index (χ2v) is 4.41. The van der Waals surface area contributed by atoms with Crippen molar-refractivity contribution >= 4 is 0 Å². The van der Waals surface area contributed by atoms with Gasteiger partial charge in [-0.1, -0.05) is 17.9 Å². The molecule has 1 rings (SSSR count). The highest BCUT2D eigenvalue weighted by Gasteiger charge is 2.07. The van der Waals surface area contributed by atoms with Gasteiger partial charge in [0.15, 0.2) is 0 Å². The molecule has 0 spiro atoms. The molecule has 1 aromatic rings. The third kappa shape index (κ3) is 3.38. The molecular weight excluding hydrogens is 189 g/mol. The average molecular weight is 205 g/mol. The van der Waals surface area contributed by atoms with Gasteiger partial charge in [0.05, 0.1) is 11.1 Å². The molecule has 0 aliphatic carbocycles. The molecule has 80 valence electrons. The molecule has 0 aromatic heterocycles. The summed E-state index contributed by atoms with van der Waals surface area (Å²) in [4.78, 5) is 0. The summed E-state index contributed by atoms with van der Waals surface area (Å²) in [5.74, 6) is 5.35. The maximum Gasteiger partial charge on any atom is 0.139 e. The van der Waals surface area contributed by atoms with E-state index in [0.717, 1.165) is 11.1 Å². The lowest BCUT2D eigenvalue weighted by Gasteiger charge is -2.08. The number of hydrogen-bond donors (Lipinski definition) is 1. The maximum atomic E-state index is 13.5. The van der Waals surface area contributed by atoms with Crippen molar-refractivity contribution in [3.05, 3.63) is 34.6 Å². The van der Waals surface area contributed by atoms with Gasteiger partial charge in [-0.05, 0) is 44.9 Å². The Hall–Kier alpha value is -1.33. The topological polar surface area (TPSA) is 26.0 Å². The largest absolute Gasteiger partial charge is 0.316 e. The molecule has 0 fully saturated rings. The van der Waals surface area contributed by atoms with Gasteiger partial charge in [-0.15, -0.1) is 0 Å². The van der Waals surface area contributed by atoms with Gasteiger partial charge in [-0.3, -0.25) is 0 Å². The summed E-state index contributed by atoms with van der Waals surface area (Å²) in [5, 5.41) is 0. The van der Waals surface area contributed by atoms with Crippen molar-refractivity contribution in [2.45, 2.75) is 33.2 Å². The predicted octanol–water partition coefficient (Wildman–Crippen LogP) is 2.53. The Bertz CT molecular complexity index is 407. The number of hydrogen-bond acceptors (Lipinski definition) is 1. The van der Waals surface area contributed by atoms with E-state index in [-0.39, 0.29) is 5.82 Å². The molecular formula is C13H16FN. The van der Waals surface area contributed by atoms with E-state index in [1.807, 2.05) is 19.9 Å². The van der Waals surface area contributed by atoms with Gasteiger partial charge < -0.3 is 5.73 Å². The predicted molar refractivity (Wildman–Crippen MR) is 61.0 cm³/mol. The summed E-state index contributed by atoms with van der Waals surface area (Å²) >= 11 is 0. The van der Waals surface area contributed by atoms with E-state index >= 15 is 0 Å². The molecule has 0 heterocycles. The van der Waals surface area contributed by atoms with Crippen molar-refractivity contribution in [3.63, 3.8) is 0 Å². The zero-order valence-electron chi connectivity index (χ0n) is 9.61. The summed E-state index contributed by atoms with van der Waals surface area (Å²) in [6.45, 7) is 7.30. The van der Waals surface area contributed by atoms with Crippen LogP contribution < -0.4 is 5.73 Å². The second-order valence-electron chi connectivity index (χ2n) is 4.41. The van der Waals surface area contributed by atoms with Crippen molar-refractivity contribution in [3.8, 4) is 11.8 Å². The molecule has 0 saturated carbocycles. The molecule has 0 bridgehead atoms. The van der Waals surface area contributed by atoms with Crippen LogP contribution in [0.15, 0.2) is 12.1 Å². The van der Waals surface area contributed by atoms with E-state index in [1.165, 1.54) is 6.07 Å². The lowest BCUT2D eigenvalue weighted by Crippen LogP contribution is -2.29. The molecule has 2 heteroatoms. The summed E-state index contributed by atoms with van der Waals surface area (Å²) in [6, 6.07) is 3.40. The second kappa shape index (κ2) is 4.04. The highest BCUT2D eigenvalue weighted by Crippen LogP contribution is 2.14. The zero-order chi connectivity index (χ0) is 11.6. The van der Waals surface area contributed by atoms with Crippen LogP contribution in [0, 0.1) is 31.5 Å². The number of halogens is 1. The van der Waals surface area contributed by atoms with Crippen LogP contribution in [0.5, 0.6) is 0 Å². The lowest BCUT2D eigenvalue weighted by molar-refractivity contribution is 0.621. The van der Waals surface area contributed by atoms with Gasteiger partial charge >= 0.3 is 0 Å². The van der Waals surface area contributed by atoms with E-state index in [0.29, 0.717) is 5.56 Å². The number of aryl methyl sites for hydroxylation is 2. The lowest BCUT2D eigenvalue weighted by atomic mass is 10.0. The van der Waals surface area contributed by atoms with Crippen LogP contribution in [0.1, 0.15) is 30.5 Å². The van der Waals surface area contributed by atoms with Gasteiger partial charge in [0.2, 0.25) is 0 Å². The van der Waals surface area contributed by atoms with E-state index < -0.39 is 5.54 Å². The minimum Gasteiger partial charge on any atom is -0.316 e. The van der Waals surface area contributed by atoms with E-state index in [4.69, 9.17) is 5.73 Å². The van der Waals surface area contributed by atoms with Gasteiger partial charge in [0.1, 0.15) is 5.82 Å². The molecule has 0 unspecified atom stereocenters.